The smallest absolute Gasteiger partial charge is 0.220 e. The van der Waals surface area contributed by atoms with Crippen LogP contribution < -0.4 is 5.32 Å². The molecule has 0 aliphatic carbocycles. The summed E-state index contributed by atoms with van der Waals surface area (Å²) in [4.78, 5) is 11.8. The van der Waals surface area contributed by atoms with Crippen LogP contribution in [0.2, 0.25) is 0 Å². The van der Waals surface area contributed by atoms with Crippen molar-refractivity contribution in [3.63, 3.8) is 0 Å². The average Bonchev–Trinajstić information content (AvgIpc) is 2.60. The highest BCUT2D eigenvalue weighted by atomic mass is 16.1. The molecule has 1 amide bonds. The van der Waals surface area contributed by atoms with Crippen molar-refractivity contribution in [3.05, 3.63) is 35.5 Å². The van der Waals surface area contributed by atoms with E-state index in [1.54, 1.807) is 0 Å². The first-order valence-electron chi connectivity index (χ1n) is 7.08. The van der Waals surface area contributed by atoms with Crippen molar-refractivity contribution < 1.29 is 4.79 Å². The second kappa shape index (κ2) is 5.31. The van der Waals surface area contributed by atoms with Crippen LogP contribution in [0.3, 0.4) is 0 Å². The number of aryl methyl sites for hydroxylation is 2. The van der Waals surface area contributed by atoms with Gasteiger partial charge in [0.05, 0.1) is 0 Å². The van der Waals surface area contributed by atoms with Gasteiger partial charge in [0, 0.05) is 36.6 Å². The van der Waals surface area contributed by atoms with E-state index in [9.17, 15) is 4.79 Å². The molecule has 0 saturated heterocycles. The lowest BCUT2D eigenvalue weighted by Crippen LogP contribution is -2.27. The van der Waals surface area contributed by atoms with Gasteiger partial charge in [-0.05, 0) is 36.1 Å². The lowest BCUT2D eigenvalue weighted by Gasteiger charge is -2.17. The number of nitrogens with one attached hydrogen (secondary N) is 1. The molecule has 0 aliphatic rings. The summed E-state index contributed by atoms with van der Waals surface area (Å²) in [6.07, 6.45) is 0.555. The summed E-state index contributed by atoms with van der Waals surface area (Å²) in [6.45, 7) is 8.92. The number of hydrogen-bond acceptors (Lipinski definition) is 1. The number of rotatable bonds is 3. The van der Waals surface area contributed by atoms with Gasteiger partial charge >= 0.3 is 0 Å². The van der Waals surface area contributed by atoms with E-state index in [1.807, 2.05) is 0 Å². The van der Waals surface area contributed by atoms with Gasteiger partial charge in [-0.3, -0.25) is 4.79 Å². The van der Waals surface area contributed by atoms with Crippen LogP contribution in [0.4, 0.5) is 0 Å². The Morgan fingerprint density at radius 2 is 1.95 bits per heavy atom. The number of carbonyl (C=O) groups is 1. The fourth-order valence-electron chi connectivity index (χ4n) is 2.39. The van der Waals surface area contributed by atoms with Gasteiger partial charge in [0.25, 0.3) is 0 Å². The zero-order valence-corrected chi connectivity index (χ0v) is 13.1. The third kappa shape index (κ3) is 3.41. The molecule has 2 aromatic rings. The Morgan fingerprint density at radius 1 is 1.25 bits per heavy atom. The average molecular weight is 272 g/mol. The van der Waals surface area contributed by atoms with Gasteiger partial charge in [-0.15, -0.1) is 0 Å². The van der Waals surface area contributed by atoms with E-state index < -0.39 is 0 Å². The molecule has 0 radical (unpaired) electrons. The highest BCUT2D eigenvalue weighted by Crippen LogP contribution is 2.20. The standard InChI is InChI=1S/C17H24N2O/c1-12-8-14-9-13(6-7-15(14)19(12)5)11-18-16(20)10-17(2,3)4/h6-9H,10-11H2,1-5H3,(H,18,20). The fourth-order valence-corrected chi connectivity index (χ4v) is 2.39. The quantitative estimate of drug-likeness (QED) is 0.911. The highest BCUT2D eigenvalue weighted by Gasteiger charge is 2.15. The van der Waals surface area contributed by atoms with Crippen LogP contribution in [0, 0.1) is 12.3 Å². The number of benzene rings is 1. The number of carbonyl (C=O) groups excluding carboxylic acids is 1. The number of nitrogens with zero attached hydrogens (tertiary/aromatic N) is 1. The molecule has 108 valence electrons. The van der Waals surface area contributed by atoms with Crippen molar-refractivity contribution in [2.45, 2.75) is 40.7 Å². The van der Waals surface area contributed by atoms with Crippen LogP contribution in [0.25, 0.3) is 10.9 Å². The van der Waals surface area contributed by atoms with E-state index in [-0.39, 0.29) is 11.3 Å². The molecule has 1 N–H and O–H groups in total. The zero-order valence-electron chi connectivity index (χ0n) is 13.1. The van der Waals surface area contributed by atoms with E-state index in [1.165, 1.54) is 16.6 Å². The molecule has 3 nitrogen and oxygen atoms in total. The first-order chi connectivity index (χ1) is 9.26. The van der Waals surface area contributed by atoms with E-state index >= 15 is 0 Å². The predicted octanol–water partition coefficient (Wildman–Crippen LogP) is 3.54. The Kier molecular flexibility index (Phi) is 3.89. The third-order valence-electron chi connectivity index (χ3n) is 3.53. The highest BCUT2D eigenvalue weighted by molar-refractivity contribution is 5.82. The number of amides is 1. The van der Waals surface area contributed by atoms with Gasteiger partial charge in [-0.2, -0.15) is 0 Å². The molecule has 1 aromatic carbocycles. The molecule has 0 bridgehead atoms. The third-order valence-corrected chi connectivity index (χ3v) is 3.53. The van der Waals surface area contributed by atoms with E-state index in [2.05, 4.69) is 68.9 Å². The second-order valence-corrected chi connectivity index (χ2v) is 6.75. The second-order valence-electron chi connectivity index (χ2n) is 6.75. The summed E-state index contributed by atoms with van der Waals surface area (Å²) in [5.41, 5.74) is 3.65. The van der Waals surface area contributed by atoms with Crippen LogP contribution in [-0.4, -0.2) is 10.5 Å². The summed E-state index contributed by atoms with van der Waals surface area (Å²) < 4.78 is 2.18. The maximum absolute atomic E-state index is 11.8. The molecule has 2 rings (SSSR count). The molecule has 20 heavy (non-hydrogen) atoms. The van der Waals surface area contributed by atoms with Gasteiger partial charge in [-0.25, -0.2) is 0 Å². The van der Waals surface area contributed by atoms with Crippen molar-refractivity contribution in [1.82, 2.24) is 9.88 Å². The zero-order chi connectivity index (χ0) is 14.9. The molecule has 0 atom stereocenters. The Labute approximate surface area is 121 Å². The number of hydrogen-bond donors (Lipinski definition) is 1. The molecule has 0 spiro atoms. The minimum Gasteiger partial charge on any atom is -0.352 e. The molecule has 0 aliphatic heterocycles. The van der Waals surface area contributed by atoms with Crippen LogP contribution in [0.5, 0.6) is 0 Å². The van der Waals surface area contributed by atoms with Gasteiger partial charge in [0.1, 0.15) is 0 Å². The van der Waals surface area contributed by atoms with Crippen LogP contribution in [0.1, 0.15) is 38.4 Å². The molecule has 0 fully saturated rings. The van der Waals surface area contributed by atoms with Gasteiger partial charge in [-0.1, -0.05) is 26.8 Å². The maximum Gasteiger partial charge on any atom is 0.220 e. The summed E-state index contributed by atoms with van der Waals surface area (Å²) in [5, 5.41) is 4.23. The first kappa shape index (κ1) is 14.6. The van der Waals surface area contributed by atoms with Crippen molar-refractivity contribution in [2.24, 2.45) is 12.5 Å². The molecular weight excluding hydrogens is 248 g/mol. The number of aromatic nitrogens is 1. The number of fused-ring (bicyclic) bond motifs is 1. The predicted molar refractivity (Wildman–Crippen MR) is 83.6 cm³/mol. The van der Waals surface area contributed by atoms with Crippen molar-refractivity contribution in [1.29, 1.82) is 0 Å². The summed E-state index contributed by atoms with van der Waals surface area (Å²) >= 11 is 0. The largest absolute Gasteiger partial charge is 0.352 e. The van der Waals surface area contributed by atoms with Crippen molar-refractivity contribution in [2.75, 3.05) is 0 Å². The fraction of sp³-hybridized carbons (Fsp3) is 0.471. The Bertz CT molecular complexity index is 632. The molecule has 1 aromatic heterocycles. The van der Waals surface area contributed by atoms with Crippen molar-refractivity contribution >= 4 is 16.8 Å². The molecule has 1 heterocycles. The first-order valence-corrected chi connectivity index (χ1v) is 7.08. The topological polar surface area (TPSA) is 34.0 Å². The van der Waals surface area contributed by atoms with Crippen LogP contribution in [0.15, 0.2) is 24.3 Å². The van der Waals surface area contributed by atoms with E-state index in [0.29, 0.717) is 13.0 Å². The lowest BCUT2D eigenvalue weighted by atomic mass is 9.92. The van der Waals surface area contributed by atoms with Gasteiger partial charge in [0.2, 0.25) is 5.91 Å². The van der Waals surface area contributed by atoms with Crippen molar-refractivity contribution in [3.8, 4) is 0 Å². The van der Waals surface area contributed by atoms with Crippen LogP contribution in [-0.2, 0) is 18.4 Å². The molecule has 0 unspecified atom stereocenters. The molecule has 0 saturated carbocycles. The normalized spacial score (nSPS) is 11.8. The summed E-state index contributed by atoms with van der Waals surface area (Å²) in [6, 6.07) is 8.53. The SMILES string of the molecule is Cc1cc2cc(CNC(=O)CC(C)(C)C)ccc2n1C. The lowest BCUT2D eigenvalue weighted by molar-refractivity contribution is -0.122. The Morgan fingerprint density at radius 3 is 2.60 bits per heavy atom. The molecule has 3 heteroatoms. The molecular formula is C17H24N2O. The van der Waals surface area contributed by atoms with Crippen LogP contribution >= 0.6 is 0 Å². The minimum absolute atomic E-state index is 0.0323. The van der Waals surface area contributed by atoms with Gasteiger partial charge in [0.15, 0.2) is 0 Å². The summed E-state index contributed by atoms with van der Waals surface area (Å²) in [5.74, 6) is 0.113. The Hall–Kier alpha value is -1.77. The monoisotopic (exact) mass is 272 g/mol. The van der Waals surface area contributed by atoms with E-state index in [4.69, 9.17) is 0 Å². The maximum atomic E-state index is 11.8. The van der Waals surface area contributed by atoms with E-state index in [0.717, 1.165) is 5.56 Å². The van der Waals surface area contributed by atoms with Gasteiger partial charge < -0.3 is 9.88 Å². The summed E-state index contributed by atoms with van der Waals surface area (Å²) in [7, 11) is 2.07. The Balaban J connectivity index is 2.05. The minimum atomic E-state index is 0.0323.